The topological polar surface area (TPSA) is 60.1 Å². The lowest BCUT2D eigenvalue weighted by Gasteiger charge is -2.07. The van der Waals surface area contributed by atoms with Crippen LogP contribution in [0.2, 0.25) is 0 Å². The number of hydrogen-bond donors (Lipinski definition) is 1. The van der Waals surface area contributed by atoms with E-state index in [2.05, 4.69) is 33.1 Å². The summed E-state index contributed by atoms with van der Waals surface area (Å²) in [7, 11) is 0. The van der Waals surface area contributed by atoms with Crippen LogP contribution in [0.5, 0.6) is 0 Å². The molecule has 0 saturated carbocycles. The number of carbonyl (C=O) groups is 1. The van der Waals surface area contributed by atoms with Crippen molar-refractivity contribution in [1.82, 2.24) is 14.9 Å². The third-order valence-electron chi connectivity index (χ3n) is 4.08. The Morgan fingerprint density at radius 3 is 3.00 bits per heavy atom. The summed E-state index contributed by atoms with van der Waals surface area (Å²) in [5.74, 6) is 0.490. The molecule has 0 bridgehead atoms. The maximum atomic E-state index is 12.3. The molecule has 24 heavy (non-hydrogen) atoms. The second kappa shape index (κ2) is 5.85. The number of benzene rings is 2. The smallest absolute Gasteiger partial charge is 0.251 e. The Morgan fingerprint density at radius 1 is 1.21 bits per heavy atom. The zero-order valence-corrected chi connectivity index (χ0v) is 13.3. The van der Waals surface area contributed by atoms with Crippen molar-refractivity contribution in [2.24, 2.45) is 0 Å². The molecule has 1 N–H and O–H groups in total. The lowest BCUT2D eigenvalue weighted by Crippen LogP contribution is -2.27. The van der Waals surface area contributed by atoms with Crippen molar-refractivity contribution < 1.29 is 9.21 Å². The number of aryl methyl sites for hydroxylation is 1. The van der Waals surface area contributed by atoms with Crippen LogP contribution in [-0.4, -0.2) is 22.0 Å². The standard InChI is InChI=1S/C19H17N3O2/c1-13-21-16-7-6-15(12-18(16)24-13)19(23)20-9-11-22-10-8-14-4-2-3-5-17(14)22/h2-8,10,12H,9,11H2,1H3,(H,20,23). The summed E-state index contributed by atoms with van der Waals surface area (Å²) in [6.45, 7) is 3.08. The summed E-state index contributed by atoms with van der Waals surface area (Å²) >= 11 is 0. The molecule has 120 valence electrons. The van der Waals surface area contributed by atoms with E-state index in [1.54, 1.807) is 25.1 Å². The lowest BCUT2D eigenvalue weighted by atomic mass is 10.2. The van der Waals surface area contributed by atoms with Gasteiger partial charge in [-0.3, -0.25) is 4.79 Å². The number of aromatic nitrogens is 2. The number of para-hydroxylation sites is 1. The van der Waals surface area contributed by atoms with Gasteiger partial charge in [-0.15, -0.1) is 0 Å². The van der Waals surface area contributed by atoms with Crippen LogP contribution in [0.3, 0.4) is 0 Å². The lowest BCUT2D eigenvalue weighted by molar-refractivity contribution is 0.0952. The summed E-state index contributed by atoms with van der Waals surface area (Å²) < 4.78 is 7.61. The number of fused-ring (bicyclic) bond motifs is 2. The predicted octanol–water partition coefficient (Wildman–Crippen LogP) is 3.52. The normalized spacial score (nSPS) is 11.2. The second-order valence-electron chi connectivity index (χ2n) is 5.74. The number of carbonyl (C=O) groups excluding carboxylic acids is 1. The van der Waals surface area contributed by atoms with E-state index in [-0.39, 0.29) is 5.91 Å². The fourth-order valence-corrected chi connectivity index (χ4v) is 2.91. The Bertz CT molecular complexity index is 1030. The van der Waals surface area contributed by atoms with Gasteiger partial charge in [0.25, 0.3) is 5.91 Å². The highest BCUT2D eigenvalue weighted by atomic mass is 16.3. The fourth-order valence-electron chi connectivity index (χ4n) is 2.91. The highest BCUT2D eigenvalue weighted by Gasteiger charge is 2.09. The number of nitrogens with zero attached hydrogens (tertiary/aromatic N) is 2. The molecular weight excluding hydrogens is 302 g/mol. The Kier molecular flexibility index (Phi) is 3.54. The van der Waals surface area contributed by atoms with Gasteiger partial charge >= 0.3 is 0 Å². The minimum absolute atomic E-state index is 0.109. The monoisotopic (exact) mass is 319 g/mol. The van der Waals surface area contributed by atoms with Gasteiger partial charge in [-0.25, -0.2) is 4.98 Å². The number of nitrogens with one attached hydrogen (secondary N) is 1. The third kappa shape index (κ3) is 2.65. The number of amides is 1. The van der Waals surface area contributed by atoms with E-state index in [0.717, 1.165) is 12.1 Å². The Hall–Kier alpha value is -3.08. The molecule has 4 aromatic rings. The van der Waals surface area contributed by atoms with Gasteiger partial charge < -0.3 is 14.3 Å². The van der Waals surface area contributed by atoms with E-state index in [1.165, 1.54) is 10.9 Å². The minimum Gasteiger partial charge on any atom is -0.441 e. The van der Waals surface area contributed by atoms with E-state index < -0.39 is 0 Å². The molecule has 0 atom stereocenters. The number of hydrogen-bond acceptors (Lipinski definition) is 3. The minimum atomic E-state index is -0.109. The maximum absolute atomic E-state index is 12.3. The molecule has 0 aliphatic carbocycles. The molecule has 4 rings (SSSR count). The van der Waals surface area contributed by atoms with Crippen molar-refractivity contribution in [2.75, 3.05) is 6.54 Å². The molecule has 0 spiro atoms. The first-order valence-corrected chi connectivity index (χ1v) is 7.90. The molecule has 5 heteroatoms. The quantitative estimate of drug-likeness (QED) is 0.626. The van der Waals surface area contributed by atoms with Crippen molar-refractivity contribution in [3.8, 4) is 0 Å². The SMILES string of the molecule is Cc1nc2ccc(C(=O)NCCn3ccc4ccccc43)cc2o1. The van der Waals surface area contributed by atoms with E-state index >= 15 is 0 Å². The first-order chi connectivity index (χ1) is 11.7. The van der Waals surface area contributed by atoms with Gasteiger partial charge in [0.05, 0.1) is 0 Å². The predicted molar refractivity (Wildman–Crippen MR) is 93.0 cm³/mol. The van der Waals surface area contributed by atoms with Gasteiger partial charge in [-0.1, -0.05) is 18.2 Å². The average Bonchev–Trinajstić information content (AvgIpc) is 3.16. The summed E-state index contributed by atoms with van der Waals surface area (Å²) in [4.78, 5) is 16.5. The van der Waals surface area contributed by atoms with Crippen molar-refractivity contribution in [1.29, 1.82) is 0 Å². The van der Waals surface area contributed by atoms with E-state index in [1.807, 2.05) is 18.3 Å². The second-order valence-corrected chi connectivity index (χ2v) is 5.74. The molecule has 1 amide bonds. The first kappa shape index (κ1) is 14.5. The molecule has 5 nitrogen and oxygen atoms in total. The van der Waals surface area contributed by atoms with Crippen molar-refractivity contribution in [2.45, 2.75) is 13.5 Å². The van der Waals surface area contributed by atoms with Gasteiger partial charge in [0, 0.05) is 37.3 Å². The summed E-state index contributed by atoms with van der Waals surface area (Å²) in [5, 5.41) is 4.16. The maximum Gasteiger partial charge on any atom is 0.251 e. The van der Waals surface area contributed by atoms with Gasteiger partial charge in [0.1, 0.15) is 5.52 Å². The number of rotatable bonds is 4. The molecule has 2 heterocycles. The number of oxazole rings is 1. The van der Waals surface area contributed by atoms with Crippen LogP contribution >= 0.6 is 0 Å². The molecule has 0 unspecified atom stereocenters. The molecule has 0 aliphatic rings. The summed E-state index contributed by atoms with van der Waals surface area (Å²) in [5.41, 5.74) is 3.15. The average molecular weight is 319 g/mol. The Labute approximate surface area is 138 Å². The van der Waals surface area contributed by atoms with Crippen LogP contribution < -0.4 is 5.32 Å². The van der Waals surface area contributed by atoms with E-state index in [4.69, 9.17) is 4.42 Å². The highest BCUT2D eigenvalue weighted by molar-refractivity contribution is 5.97. The van der Waals surface area contributed by atoms with Crippen LogP contribution in [0, 0.1) is 6.92 Å². The fraction of sp³-hybridized carbons (Fsp3) is 0.158. The van der Waals surface area contributed by atoms with Crippen molar-refractivity contribution >= 4 is 27.9 Å². The van der Waals surface area contributed by atoms with Crippen molar-refractivity contribution in [3.05, 3.63) is 66.2 Å². The van der Waals surface area contributed by atoms with Crippen LogP contribution in [0.1, 0.15) is 16.2 Å². The summed E-state index contributed by atoms with van der Waals surface area (Å²) in [6.07, 6.45) is 2.04. The zero-order chi connectivity index (χ0) is 16.5. The van der Waals surface area contributed by atoms with E-state index in [0.29, 0.717) is 23.6 Å². The third-order valence-corrected chi connectivity index (χ3v) is 4.08. The van der Waals surface area contributed by atoms with Crippen LogP contribution in [-0.2, 0) is 6.54 Å². The molecule has 0 aliphatic heterocycles. The van der Waals surface area contributed by atoms with Crippen LogP contribution in [0.4, 0.5) is 0 Å². The van der Waals surface area contributed by atoms with Gasteiger partial charge in [0.15, 0.2) is 11.5 Å². The first-order valence-electron chi connectivity index (χ1n) is 7.90. The highest BCUT2D eigenvalue weighted by Crippen LogP contribution is 2.17. The molecule has 2 aromatic heterocycles. The van der Waals surface area contributed by atoms with Crippen LogP contribution in [0.15, 0.2) is 59.1 Å². The Balaban J connectivity index is 1.44. The molecule has 0 fully saturated rings. The molecule has 2 aromatic carbocycles. The van der Waals surface area contributed by atoms with Crippen molar-refractivity contribution in [3.63, 3.8) is 0 Å². The largest absolute Gasteiger partial charge is 0.441 e. The Morgan fingerprint density at radius 2 is 2.08 bits per heavy atom. The molecule has 0 saturated heterocycles. The molecular formula is C19H17N3O2. The van der Waals surface area contributed by atoms with E-state index in [9.17, 15) is 4.79 Å². The van der Waals surface area contributed by atoms with Gasteiger partial charge in [0.2, 0.25) is 0 Å². The van der Waals surface area contributed by atoms with Gasteiger partial charge in [-0.2, -0.15) is 0 Å². The van der Waals surface area contributed by atoms with Gasteiger partial charge in [-0.05, 0) is 35.7 Å². The zero-order valence-electron chi connectivity index (χ0n) is 13.3. The molecule has 0 radical (unpaired) electrons. The van der Waals surface area contributed by atoms with Crippen LogP contribution in [0.25, 0.3) is 22.0 Å². The summed E-state index contributed by atoms with van der Waals surface area (Å²) in [6, 6.07) is 15.6.